The molecule has 2 aliphatic rings. The molecule has 1 aromatic heterocycles. The van der Waals surface area contributed by atoms with Crippen molar-refractivity contribution >= 4 is 29.5 Å². The summed E-state index contributed by atoms with van der Waals surface area (Å²) >= 11 is 6.02. The van der Waals surface area contributed by atoms with Crippen molar-refractivity contribution in [3.05, 3.63) is 64.9 Å². The van der Waals surface area contributed by atoms with Gasteiger partial charge in [0, 0.05) is 36.8 Å². The highest BCUT2D eigenvalue weighted by atomic mass is 35.5. The number of amides is 3. The lowest BCUT2D eigenvalue weighted by molar-refractivity contribution is -0.133. The molecular formula is C21H18ClFN6O2. The topological polar surface area (TPSA) is 74.6 Å². The van der Waals surface area contributed by atoms with E-state index in [1.54, 1.807) is 59.0 Å². The van der Waals surface area contributed by atoms with E-state index in [0.29, 0.717) is 22.4 Å². The number of likely N-dealkylation sites (N-methyl/N-ethyl adjacent to an activating group) is 2. The number of urea groups is 1. The second kappa shape index (κ2) is 7.05. The minimum atomic E-state index is -0.760. The molecule has 3 heterocycles. The molecule has 0 saturated carbocycles. The molecule has 0 spiro atoms. The molecule has 0 N–H and O–H groups in total. The van der Waals surface area contributed by atoms with Gasteiger partial charge in [-0.2, -0.15) is 0 Å². The highest BCUT2D eigenvalue weighted by Crippen LogP contribution is 2.43. The lowest BCUT2D eigenvalue weighted by atomic mass is 10.1. The summed E-state index contributed by atoms with van der Waals surface area (Å²) in [6.45, 7) is 0.105. The predicted octanol–water partition coefficient (Wildman–Crippen LogP) is 3.15. The van der Waals surface area contributed by atoms with Crippen molar-refractivity contribution in [3.8, 4) is 11.4 Å². The molecule has 8 nitrogen and oxygen atoms in total. The Kier molecular flexibility index (Phi) is 4.44. The molecule has 2 aromatic carbocycles. The van der Waals surface area contributed by atoms with Gasteiger partial charge in [0.2, 0.25) is 5.95 Å². The lowest BCUT2D eigenvalue weighted by Gasteiger charge is -2.40. The molecule has 2 aliphatic heterocycles. The molecule has 158 valence electrons. The Morgan fingerprint density at radius 1 is 1.03 bits per heavy atom. The SMILES string of the molecule is CN1C(=O)C2C(N(C)C1=O)n1c(-c3ccc(Cl)cc3)nnc1N2Cc1ccccc1F. The number of anilines is 1. The Morgan fingerprint density at radius 3 is 2.45 bits per heavy atom. The number of imide groups is 1. The number of hydrogen-bond donors (Lipinski definition) is 0. The maximum atomic E-state index is 14.4. The molecule has 31 heavy (non-hydrogen) atoms. The highest BCUT2D eigenvalue weighted by molar-refractivity contribution is 6.30. The van der Waals surface area contributed by atoms with Crippen molar-refractivity contribution < 1.29 is 14.0 Å². The first-order valence-corrected chi connectivity index (χ1v) is 10.0. The maximum Gasteiger partial charge on any atom is 0.327 e. The molecule has 0 aliphatic carbocycles. The quantitative estimate of drug-likeness (QED) is 0.625. The third kappa shape index (κ3) is 2.88. The van der Waals surface area contributed by atoms with Gasteiger partial charge < -0.3 is 9.80 Å². The number of halogens is 2. The van der Waals surface area contributed by atoms with Crippen LogP contribution in [0, 0.1) is 5.82 Å². The fraction of sp³-hybridized carbons (Fsp3) is 0.238. The zero-order chi connectivity index (χ0) is 21.9. The van der Waals surface area contributed by atoms with Crippen LogP contribution in [0.25, 0.3) is 11.4 Å². The van der Waals surface area contributed by atoms with Gasteiger partial charge in [-0.3, -0.25) is 14.3 Å². The number of rotatable bonds is 3. The summed E-state index contributed by atoms with van der Waals surface area (Å²) in [6.07, 6.45) is -0.668. The summed E-state index contributed by atoms with van der Waals surface area (Å²) in [5.74, 6) is 0.134. The van der Waals surface area contributed by atoms with Crippen molar-refractivity contribution in [1.29, 1.82) is 0 Å². The molecule has 2 atom stereocenters. The fourth-order valence-corrected chi connectivity index (χ4v) is 4.34. The number of aromatic nitrogens is 3. The van der Waals surface area contributed by atoms with E-state index in [1.807, 2.05) is 0 Å². The van der Waals surface area contributed by atoms with Crippen LogP contribution < -0.4 is 4.90 Å². The van der Waals surface area contributed by atoms with Gasteiger partial charge in [-0.1, -0.05) is 29.8 Å². The van der Waals surface area contributed by atoms with Gasteiger partial charge in [0.25, 0.3) is 5.91 Å². The number of hydrogen-bond acceptors (Lipinski definition) is 5. The van der Waals surface area contributed by atoms with Crippen LogP contribution >= 0.6 is 11.6 Å². The lowest BCUT2D eigenvalue weighted by Crippen LogP contribution is -2.61. The smallest absolute Gasteiger partial charge is 0.320 e. The second-order valence-electron chi connectivity index (χ2n) is 7.57. The van der Waals surface area contributed by atoms with Gasteiger partial charge in [-0.25, -0.2) is 9.18 Å². The zero-order valence-electron chi connectivity index (χ0n) is 16.7. The largest absolute Gasteiger partial charge is 0.327 e. The predicted molar refractivity (Wildman–Crippen MR) is 112 cm³/mol. The minimum Gasteiger partial charge on any atom is -0.320 e. The van der Waals surface area contributed by atoms with Crippen molar-refractivity contribution in [2.24, 2.45) is 0 Å². The first-order valence-electron chi connectivity index (χ1n) is 9.63. The molecule has 5 rings (SSSR count). The Hall–Kier alpha value is -3.46. The summed E-state index contributed by atoms with van der Waals surface area (Å²) in [4.78, 5) is 30.1. The average molecular weight is 441 g/mol. The zero-order valence-corrected chi connectivity index (χ0v) is 17.5. The van der Waals surface area contributed by atoms with Gasteiger partial charge in [-0.15, -0.1) is 10.2 Å². The van der Waals surface area contributed by atoms with Crippen LogP contribution in [0.5, 0.6) is 0 Å². The summed E-state index contributed by atoms with van der Waals surface area (Å²) < 4.78 is 16.2. The summed E-state index contributed by atoms with van der Waals surface area (Å²) in [5, 5.41) is 9.21. The van der Waals surface area contributed by atoms with E-state index in [1.165, 1.54) is 18.0 Å². The van der Waals surface area contributed by atoms with Gasteiger partial charge in [0.05, 0.1) is 0 Å². The van der Waals surface area contributed by atoms with E-state index in [-0.39, 0.29) is 18.3 Å². The second-order valence-corrected chi connectivity index (χ2v) is 8.01. The Labute approximate surface area is 182 Å². The number of carbonyl (C=O) groups excluding carboxylic acids is 2. The van der Waals surface area contributed by atoms with Crippen molar-refractivity contribution in [1.82, 2.24) is 24.6 Å². The summed E-state index contributed by atoms with van der Waals surface area (Å²) in [7, 11) is 3.07. The molecule has 3 aromatic rings. The summed E-state index contributed by atoms with van der Waals surface area (Å²) in [5.41, 5.74) is 1.16. The minimum absolute atomic E-state index is 0.105. The molecule has 10 heteroatoms. The van der Waals surface area contributed by atoms with Crippen LogP contribution in [0.1, 0.15) is 11.7 Å². The average Bonchev–Trinajstić information content (AvgIpc) is 3.32. The maximum absolute atomic E-state index is 14.4. The fourth-order valence-electron chi connectivity index (χ4n) is 4.21. The van der Waals surface area contributed by atoms with Crippen molar-refractivity contribution in [3.63, 3.8) is 0 Å². The third-order valence-corrected chi connectivity index (χ3v) is 6.04. The Balaban J connectivity index is 1.67. The molecule has 0 radical (unpaired) electrons. The van der Waals surface area contributed by atoms with E-state index < -0.39 is 18.2 Å². The molecule has 1 saturated heterocycles. The van der Waals surface area contributed by atoms with E-state index >= 15 is 0 Å². The number of carbonyl (C=O) groups is 2. The van der Waals surface area contributed by atoms with Gasteiger partial charge in [0.15, 0.2) is 11.9 Å². The van der Waals surface area contributed by atoms with Crippen LogP contribution in [0.3, 0.4) is 0 Å². The Bertz CT molecular complexity index is 1200. The van der Waals surface area contributed by atoms with Crippen LogP contribution in [-0.4, -0.2) is 56.6 Å². The van der Waals surface area contributed by atoms with Gasteiger partial charge >= 0.3 is 6.03 Å². The van der Waals surface area contributed by atoms with Crippen LogP contribution in [0.15, 0.2) is 48.5 Å². The molecule has 3 amide bonds. The molecule has 0 bridgehead atoms. The number of benzene rings is 2. The van der Waals surface area contributed by atoms with E-state index in [2.05, 4.69) is 10.2 Å². The van der Waals surface area contributed by atoms with E-state index in [4.69, 9.17) is 11.6 Å². The first kappa shape index (κ1) is 19.5. The van der Waals surface area contributed by atoms with E-state index in [0.717, 1.165) is 10.5 Å². The number of fused-ring (bicyclic) bond motifs is 3. The van der Waals surface area contributed by atoms with Crippen LogP contribution in [0.4, 0.5) is 15.1 Å². The standard InChI is InChI=1S/C21H18ClFN6O2/c1-26-18-16(19(30)27(2)21(26)31)28(11-13-5-3-4-6-15(13)23)20-25-24-17(29(18)20)12-7-9-14(22)10-8-12/h3-10,16,18H,11H2,1-2H3. The molecule has 2 unspecified atom stereocenters. The normalized spacial score (nSPS) is 20.3. The first-order chi connectivity index (χ1) is 14.9. The van der Waals surface area contributed by atoms with Crippen molar-refractivity contribution in [2.75, 3.05) is 19.0 Å². The third-order valence-electron chi connectivity index (χ3n) is 5.79. The highest BCUT2D eigenvalue weighted by Gasteiger charge is 2.54. The Morgan fingerprint density at radius 2 is 1.74 bits per heavy atom. The van der Waals surface area contributed by atoms with Crippen molar-refractivity contribution in [2.45, 2.75) is 18.8 Å². The number of nitrogens with zero attached hydrogens (tertiary/aromatic N) is 6. The van der Waals surface area contributed by atoms with Crippen LogP contribution in [0.2, 0.25) is 5.02 Å². The van der Waals surface area contributed by atoms with E-state index in [9.17, 15) is 14.0 Å². The molecular weight excluding hydrogens is 423 g/mol. The summed E-state index contributed by atoms with van der Waals surface area (Å²) in [6, 6.07) is 12.3. The monoisotopic (exact) mass is 440 g/mol. The van der Waals surface area contributed by atoms with Gasteiger partial charge in [0.1, 0.15) is 12.0 Å². The van der Waals surface area contributed by atoms with Crippen LogP contribution in [-0.2, 0) is 11.3 Å². The van der Waals surface area contributed by atoms with Gasteiger partial charge in [-0.05, 0) is 30.3 Å². The molecule has 1 fully saturated rings.